The number of carbonyl (C=O) groups is 1. The van der Waals surface area contributed by atoms with Gasteiger partial charge in [-0.1, -0.05) is 24.3 Å². The lowest BCUT2D eigenvalue weighted by atomic mass is 9.84. The fourth-order valence-electron chi connectivity index (χ4n) is 4.70. The Morgan fingerprint density at radius 2 is 2.06 bits per heavy atom. The van der Waals surface area contributed by atoms with Crippen LogP contribution in [0.15, 0.2) is 48.7 Å². The van der Waals surface area contributed by atoms with Crippen molar-refractivity contribution in [2.45, 2.75) is 39.3 Å². The highest BCUT2D eigenvalue weighted by atomic mass is 16.5. The number of ether oxygens (including phenoxy) is 1. The number of anilines is 2. The monoisotopic (exact) mass is 475 g/mol. The number of rotatable bonds is 7. The lowest BCUT2D eigenvalue weighted by Gasteiger charge is -2.25. The van der Waals surface area contributed by atoms with E-state index in [0.29, 0.717) is 24.5 Å². The van der Waals surface area contributed by atoms with Crippen molar-refractivity contribution in [3.8, 4) is 5.75 Å². The molecule has 0 fully saturated rings. The summed E-state index contributed by atoms with van der Waals surface area (Å²) in [6.45, 7) is 6.80. The third kappa shape index (κ3) is 5.39. The summed E-state index contributed by atoms with van der Waals surface area (Å²) in [5.41, 5.74) is 13.6. The van der Waals surface area contributed by atoms with Crippen LogP contribution in [0, 0.1) is 13.8 Å². The standard InChI is InChI=1S/C27H33N5O3/c1-17-6-7-19(13-20(17)15-32-11-12-35-25-5-4-10-30-23(25)16-32)22(14-26(33)34)21-8-9-24(31(3)29)27(28)18(21)2/h4-10,13,22H,11-12,14-16,28-29H2,1-3H3,(H,33,34)/t22-/m1/s1. The lowest BCUT2D eigenvalue weighted by Crippen LogP contribution is -2.26. The van der Waals surface area contributed by atoms with E-state index in [9.17, 15) is 9.90 Å². The molecule has 0 radical (unpaired) electrons. The van der Waals surface area contributed by atoms with Gasteiger partial charge in [-0.3, -0.25) is 14.7 Å². The first-order chi connectivity index (χ1) is 16.7. The van der Waals surface area contributed by atoms with E-state index in [2.05, 4.69) is 28.9 Å². The van der Waals surface area contributed by atoms with Crippen molar-refractivity contribution in [1.82, 2.24) is 9.88 Å². The van der Waals surface area contributed by atoms with E-state index in [4.69, 9.17) is 16.3 Å². The third-order valence-corrected chi connectivity index (χ3v) is 6.72. The maximum atomic E-state index is 11.9. The van der Waals surface area contributed by atoms with Gasteiger partial charge in [-0.25, -0.2) is 5.84 Å². The number of hydrazine groups is 1. The number of carboxylic acids is 1. The summed E-state index contributed by atoms with van der Waals surface area (Å²) in [5, 5.41) is 11.2. The highest BCUT2D eigenvalue weighted by molar-refractivity contribution is 5.74. The van der Waals surface area contributed by atoms with Crippen LogP contribution in [0.2, 0.25) is 0 Å². The summed E-state index contributed by atoms with van der Waals surface area (Å²) in [6.07, 6.45) is 1.76. The van der Waals surface area contributed by atoms with Crippen molar-refractivity contribution in [2.24, 2.45) is 5.84 Å². The van der Waals surface area contributed by atoms with E-state index in [1.807, 2.05) is 37.3 Å². The largest absolute Gasteiger partial charge is 0.490 e. The zero-order valence-corrected chi connectivity index (χ0v) is 20.5. The molecular formula is C27H33N5O3. The minimum atomic E-state index is -0.859. The van der Waals surface area contributed by atoms with Gasteiger partial charge >= 0.3 is 5.97 Å². The first-order valence-corrected chi connectivity index (χ1v) is 11.7. The van der Waals surface area contributed by atoms with Crippen LogP contribution in [-0.2, 0) is 17.9 Å². The van der Waals surface area contributed by atoms with E-state index < -0.39 is 5.97 Å². The van der Waals surface area contributed by atoms with Gasteiger partial charge in [0.2, 0.25) is 0 Å². The molecule has 8 nitrogen and oxygen atoms in total. The second-order valence-corrected chi connectivity index (χ2v) is 9.17. The predicted molar refractivity (Wildman–Crippen MR) is 137 cm³/mol. The number of aromatic nitrogens is 1. The van der Waals surface area contributed by atoms with E-state index >= 15 is 0 Å². The number of hydrogen-bond donors (Lipinski definition) is 3. The van der Waals surface area contributed by atoms with Crippen molar-refractivity contribution in [1.29, 1.82) is 0 Å². The van der Waals surface area contributed by atoms with Crippen molar-refractivity contribution in [3.05, 3.63) is 82.2 Å². The van der Waals surface area contributed by atoms with Gasteiger partial charge in [-0.05, 0) is 59.9 Å². The minimum absolute atomic E-state index is 0.0323. The van der Waals surface area contributed by atoms with Crippen molar-refractivity contribution >= 4 is 17.3 Å². The van der Waals surface area contributed by atoms with E-state index in [0.717, 1.165) is 52.4 Å². The Labute approximate surface area is 206 Å². The molecule has 4 rings (SSSR count). The molecule has 3 aromatic rings. The van der Waals surface area contributed by atoms with E-state index in [-0.39, 0.29) is 12.3 Å². The number of nitrogens with two attached hydrogens (primary N) is 2. The Morgan fingerprint density at radius 1 is 1.26 bits per heavy atom. The normalized spacial score (nSPS) is 14.5. The number of aryl methyl sites for hydroxylation is 1. The molecule has 5 N–H and O–H groups in total. The van der Waals surface area contributed by atoms with Crippen LogP contribution in [0.3, 0.4) is 0 Å². The molecule has 1 aliphatic rings. The smallest absolute Gasteiger partial charge is 0.304 e. The number of benzene rings is 2. The maximum Gasteiger partial charge on any atom is 0.304 e. The molecule has 0 amide bonds. The average Bonchev–Trinajstić information content (AvgIpc) is 3.02. The SMILES string of the molecule is Cc1ccc([C@@H](CC(=O)O)c2ccc(N(C)N)c(N)c2C)cc1CN1CCOc2cccnc2C1. The maximum absolute atomic E-state index is 11.9. The summed E-state index contributed by atoms with van der Waals surface area (Å²) >= 11 is 0. The zero-order chi connectivity index (χ0) is 25.1. The molecule has 0 spiro atoms. The van der Waals surface area contributed by atoms with Crippen LogP contribution in [0.4, 0.5) is 11.4 Å². The molecule has 0 aliphatic carbocycles. The van der Waals surface area contributed by atoms with Gasteiger partial charge in [-0.2, -0.15) is 0 Å². The van der Waals surface area contributed by atoms with Crippen LogP contribution in [0.25, 0.3) is 0 Å². The second kappa shape index (κ2) is 10.3. The Morgan fingerprint density at radius 3 is 2.80 bits per heavy atom. The summed E-state index contributed by atoms with van der Waals surface area (Å²) in [7, 11) is 1.73. The van der Waals surface area contributed by atoms with Crippen molar-refractivity contribution < 1.29 is 14.6 Å². The molecule has 0 bridgehead atoms. The van der Waals surface area contributed by atoms with Crippen LogP contribution >= 0.6 is 0 Å². The van der Waals surface area contributed by atoms with Crippen LogP contribution in [0.1, 0.15) is 45.8 Å². The van der Waals surface area contributed by atoms with E-state index in [1.54, 1.807) is 13.2 Å². The number of fused-ring (bicyclic) bond motifs is 1. The fourth-order valence-corrected chi connectivity index (χ4v) is 4.70. The van der Waals surface area contributed by atoms with Crippen LogP contribution < -0.4 is 21.3 Å². The minimum Gasteiger partial charge on any atom is -0.490 e. The highest BCUT2D eigenvalue weighted by Gasteiger charge is 2.24. The van der Waals surface area contributed by atoms with Gasteiger partial charge in [0.1, 0.15) is 12.4 Å². The van der Waals surface area contributed by atoms with Gasteiger partial charge in [0.15, 0.2) is 0 Å². The second-order valence-electron chi connectivity index (χ2n) is 9.17. The molecule has 8 heteroatoms. The zero-order valence-electron chi connectivity index (χ0n) is 20.5. The molecular weight excluding hydrogens is 442 g/mol. The number of hydrogen-bond acceptors (Lipinski definition) is 7. The summed E-state index contributed by atoms with van der Waals surface area (Å²) < 4.78 is 5.87. The molecule has 0 saturated carbocycles. The topological polar surface area (TPSA) is 118 Å². The van der Waals surface area contributed by atoms with Gasteiger partial charge in [-0.15, -0.1) is 0 Å². The van der Waals surface area contributed by atoms with Crippen LogP contribution in [-0.4, -0.2) is 41.2 Å². The molecule has 0 saturated heterocycles. The molecule has 184 valence electrons. The first kappa shape index (κ1) is 24.5. The molecule has 0 unspecified atom stereocenters. The number of nitrogens with zero attached hydrogens (tertiary/aromatic N) is 3. The highest BCUT2D eigenvalue weighted by Crippen LogP contribution is 2.37. The molecule has 1 aliphatic heterocycles. The number of nitrogen functional groups attached to an aromatic ring is 1. The van der Waals surface area contributed by atoms with Crippen LogP contribution in [0.5, 0.6) is 5.75 Å². The van der Waals surface area contributed by atoms with Crippen molar-refractivity contribution in [3.63, 3.8) is 0 Å². The molecule has 2 heterocycles. The first-order valence-electron chi connectivity index (χ1n) is 11.7. The fraction of sp³-hybridized carbons (Fsp3) is 0.333. The van der Waals surface area contributed by atoms with Gasteiger partial charge in [0.05, 0.1) is 23.5 Å². The number of carboxylic acid groups (broad SMARTS) is 1. The number of aliphatic carboxylic acids is 1. The van der Waals surface area contributed by atoms with Crippen molar-refractivity contribution in [2.75, 3.05) is 30.9 Å². The molecule has 35 heavy (non-hydrogen) atoms. The Balaban J connectivity index is 1.67. The summed E-state index contributed by atoms with van der Waals surface area (Å²) in [4.78, 5) is 18.7. The average molecular weight is 476 g/mol. The van der Waals surface area contributed by atoms with Gasteiger partial charge < -0.3 is 20.6 Å². The third-order valence-electron chi connectivity index (χ3n) is 6.72. The van der Waals surface area contributed by atoms with E-state index in [1.165, 1.54) is 5.01 Å². The quantitative estimate of drug-likeness (QED) is 0.270. The number of pyridine rings is 1. The van der Waals surface area contributed by atoms with Gasteiger partial charge in [0.25, 0.3) is 0 Å². The summed E-state index contributed by atoms with van der Waals surface area (Å²) in [5.74, 6) is 5.55. The van der Waals surface area contributed by atoms with Gasteiger partial charge in [0, 0.05) is 38.8 Å². The summed E-state index contributed by atoms with van der Waals surface area (Å²) in [6, 6.07) is 13.9. The Bertz CT molecular complexity index is 1230. The Kier molecular flexibility index (Phi) is 7.23. The lowest BCUT2D eigenvalue weighted by molar-refractivity contribution is -0.137. The molecule has 2 aromatic carbocycles. The Hall–Kier alpha value is -3.62. The molecule has 1 atom stereocenters. The predicted octanol–water partition coefficient (Wildman–Crippen LogP) is 3.59. The molecule has 1 aromatic heterocycles.